The van der Waals surface area contributed by atoms with Crippen molar-refractivity contribution < 1.29 is 9.90 Å². The summed E-state index contributed by atoms with van der Waals surface area (Å²) in [4.78, 5) is 10.6. The average Bonchev–Trinajstić information content (AvgIpc) is 2.79. The summed E-state index contributed by atoms with van der Waals surface area (Å²) in [6.45, 7) is 0. The highest BCUT2D eigenvalue weighted by molar-refractivity contribution is 5.88. The Morgan fingerprint density at radius 3 is 2.75 bits per heavy atom. The number of carboxylic acid groups (broad SMARTS) is 1. The maximum atomic E-state index is 10.6. The predicted octanol–water partition coefficient (Wildman–Crippen LogP) is 1.39. The highest BCUT2D eigenvalue weighted by Gasteiger charge is 2.07. The Bertz CT molecular complexity index is 419. The lowest BCUT2D eigenvalue weighted by Crippen LogP contribution is -2.22. The van der Waals surface area contributed by atoms with Crippen molar-refractivity contribution in [3.63, 3.8) is 0 Å². The van der Waals surface area contributed by atoms with Crippen LogP contribution in [0.3, 0.4) is 0 Å². The zero-order chi connectivity index (χ0) is 11.4. The molecular weight excluding hydrogens is 204 g/mol. The summed E-state index contributed by atoms with van der Waals surface area (Å²) in [6, 6.07) is 6.48. The fraction of sp³-hybridized carbons (Fsp3) is 0.333. The van der Waals surface area contributed by atoms with E-state index < -0.39 is 5.97 Å². The fourth-order valence-electron chi connectivity index (χ4n) is 1.75. The predicted molar refractivity (Wildman–Crippen MR) is 60.3 cm³/mol. The van der Waals surface area contributed by atoms with E-state index in [9.17, 15) is 9.90 Å². The number of hydrogen-bond donors (Lipinski definition) is 1. The quantitative estimate of drug-likeness (QED) is 0.778. The molecule has 0 saturated heterocycles. The van der Waals surface area contributed by atoms with Gasteiger partial charge in [0.15, 0.2) is 0 Å². The van der Waals surface area contributed by atoms with Crippen LogP contribution >= 0.6 is 0 Å². The lowest BCUT2D eigenvalue weighted by atomic mass is 10.2. The number of carbonyl (C=O) groups excluding carboxylic acids is 1. The van der Waals surface area contributed by atoms with E-state index in [0.717, 1.165) is 18.6 Å². The molecule has 2 rings (SSSR count). The molecule has 1 saturated carbocycles. The van der Waals surface area contributed by atoms with Gasteiger partial charge >= 0.3 is 0 Å². The van der Waals surface area contributed by atoms with Crippen molar-refractivity contribution >= 4 is 17.4 Å². The standard InChI is InChI=1S/C12H14N2O2/c15-12(16)9-4-3-7-11(8-9)14-13-10-5-1-2-6-10/h3-4,7-8,14H,1-2,5-6H2,(H,15,16)/p-1. The third kappa shape index (κ3) is 2.59. The lowest BCUT2D eigenvalue weighted by molar-refractivity contribution is -0.255. The van der Waals surface area contributed by atoms with Crippen molar-refractivity contribution in [2.75, 3.05) is 5.43 Å². The number of nitrogens with zero attached hydrogens (tertiary/aromatic N) is 1. The molecule has 1 aromatic rings. The zero-order valence-corrected chi connectivity index (χ0v) is 8.90. The van der Waals surface area contributed by atoms with Gasteiger partial charge in [-0.2, -0.15) is 5.10 Å². The van der Waals surface area contributed by atoms with E-state index in [1.807, 2.05) is 0 Å². The van der Waals surface area contributed by atoms with Gasteiger partial charge in [-0.1, -0.05) is 12.1 Å². The number of aromatic carboxylic acids is 1. The second-order valence-corrected chi connectivity index (χ2v) is 3.87. The van der Waals surface area contributed by atoms with Crippen molar-refractivity contribution in [2.45, 2.75) is 25.7 Å². The number of anilines is 1. The first kappa shape index (κ1) is 10.7. The molecule has 1 fully saturated rings. The summed E-state index contributed by atoms with van der Waals surface area (Å²) in [5.41, 5.74) is 4.88. The third-order valence-electron chi connectivity index (χ3n) is 2.62. The molecule has 1 N–H and O–H groups in total. The van der Waals surface area contributed by atoms with E-state index >= 15 is 0 Å². The van der Waals surface area contributed by atoms with Crippen LogP contribution in [0.5, 0.6) is 0 Å². The maximum absolute atomic E-state index is 10.6. The second-order valence-electron chi connectivity index (χ2n) is 3.87. The van der Waals surface area contributed by atoms with Crippen molar-refractivity contribution in [3.05, 3.63) is 29.8 Å². The molecule has 1 aromatic carbocycles. The van der Waals surface area contributed by atoms with E-state index in [1.54, 1.807) is 12.1 Å². The molecule has 0 spiro atoms. The number of nitrogens with one attached hydrogen (secondary N) is 1. The molecule has 1 aliphatic carbocycles. The molecule has 1 aliphatic rings. The van der Waals surface area contributed by atoms with Crippen molar-refractivity contribution in [2.24, 2.45) is 5.10 Å². The Balaban J connectivity index is 2.06. The minimum Gasteiger partial charge on any atom is -0.545 e. The fourth-order valence-corrected chi connectivity index (χ4v) is 1.75. The highest BCUT2D eigenvalue weighted by atomic mass is 16.4. The Morgan fingerprint density at radius 1 is 1.31 bits per heavy atom. The van der Waals surface area contributed by atoms with Gasteiger partial charge in [-0.05, 0) is 43.4 Å². The van der Waals surface area contributed by atoms with Gasteiger partial charge in [-0.25, -0.2) is 0 Å². The first-order chi connectivity index (χ1) is 7.75. The smallest absolute Gasteiger partial charge is 0.0716 e. The monoisotopic (exact) mass is 217 g/mol. The van der Waals surface area contributed by atoms with Gasteiger partial charge < -0.3 is 9.90 Å². The molecule has 0 heterocycles. The van der Waals surface area contributed by atoms with Crippen LogP contribution in [0.25, 0.3) is 0 Å². The van der Waals surface area contributed by atoms with Crippen LogP contribution < -0.4 is 10.5 Å². The van der Waals surface area contributed by atoms with Gasteiger partial charge in [0.25, 0.3) is 0 Å². The van der Waals surface area contributed by atoms with E-state index in [2.05, 4.69) is 10.5 Å². The van der Waals surface area contributed by atoms with Gasteiger partial charge in [0, 0.05) is 5.71 Å². The summed E-state index contributed by atoms with van der Waals surface area (Å²) in [6.07, 6.45) is 4.46. The molecule has 0 aromatic heterocycles. The number of hydrogen-bond acceptors (Lipinski definition) is 4. The van der Waals surface area contributed by atoms with Gasteiger partial charge in [-0.15, -0.1) is 0 Å². The Hall–Kier alpha value is -1.84. The molecule has 0 radical (unpaired) electrons. The zero-order valence-electron chi connectivity index (χ0n) is 8.90. The van der Waals surface area contributed by atoms with Crippen molar-refractivity contribution in [1.82, 2.24) is 0 Å². The van der Waals surface area contributed by atoms with Crippen LogP contribution in [-0.4, -0.2) is 11.7 Å². The first-order valence-electron chi connectivity index (χ1n) is 5.38. The summed E-state index contributed by atoms with van der Waals surface area (Å²) in [7, 11) is 0. The molecule has 16 heavy (non-hydrogen) atoms. The number of carboxylic acids is 1. The van der Waals surface area contributed by atoms with Crippen LogP contribution in [0, 0.1) is 0 Å². The van der Waals surface area contributed by atoms with Crippen LogP contribution in [0.15, 0.2) is 29.4 Å². The maximum Gasteiger partial charge on any atom is 0.0716 e. The van der Waals surface area contributed by atoms with Gasteiger partial charge in [0.05, 0.1) is 11.7 Å². The average molecular weight is 217 g/mol. The Labute approximate surface area is 94.0 Å². The third-order valence-corrected chi connectivity index (χ3v) is 2.62. The molecule has 0 unspecified atom stereocenters. The highest BCUT2D eigenvalue weighted by Crippen LogP contribution is 2.16. The normalized spacial score (nSPS) is 14.9. The number of benzene rings is 1. The molecule has 0 atom stereocenters. The van der Waals surface area contributed by atoms with E-state index in [1.165, 1.54) is 25.0 Å². The summed E-state index contributed by atoms with van der Waals surface area (Å²) >= 11 is 0. The SMILES string of the molecule is O=C([O-])c1cccc(NN=C2CCCC2)c1. The minimum absolute atomic E-state index is 0.164. The molecule has 4 nitrogen and oxygen atoms in total. The van der Waals surface area contributed by atoms with Crippen LogP contribution in [0.4, 0.5) is 5.69 Å². The number of rotatable bonds is 3. The van der Waals surface area contributed by atoms with E-state index in [4.69, 9.17) is 0 Å². The van der Waals surface area contributed by atoms with Crippen molar-refractivity contribution in [1.29, 1.82) is 0 Å². The Kier molecular flexibility index (Phi) is 3.19. The molecule has 0 aliphatic heterocycles. The Morgan fingerprint density at radius 2 is 2.06 bits per heavy atom. The largest absolute Gasteiger partial charge is 0.545 e. The second kappa shape index (κ2) is 4.79. The van der Waals surface area contributed by atoms with Crippen LogP contribution in [-0.2, 0) is 0 Å². The molecule has 84 valence electrons. The summed E-state index contributed by atoms with van der Waals surface area (Å²) in [5.74, 6) is -1.17. The van der Waals surface area contributed by atoms with Crippen LogP contribution in [0.1, 0.15) is 36.0 Å². The van der Waals surface area contributed by atoms with Crippen LogP contribution in [0.2, 0.25) is 0 Å². The van der Waals surface area contributed by atoms with E-state index in [-0.39, 0.29) is 5.56 Å². The molecule has 0 bridgehead atoms. The van der Waals surface area contributed by atoms with E-state index in [0.29, 0.717) is 5.69 Å². The molecular formula is C12H13N2O2-. The lowest BCUT2D eigenvalue weighted by Gasteiger charge is -2.05. The molecule has 0 amide bonds. The number of hydrazone groups is 1. The first-order valence-corrected chi connectivity index (χ1v) is 5.38. The summed E-state index contributed by atoms with van der Waals surface area (Å²) in [5, 5.41) is 14.9. The molecule has 4 heteroatoms. The minimum atomic E-state index is -1.17. The summed E-state index contributed by atoms with van der Waals surface area (Å²) < 4.78 is 0. The van der Waals surface area contributed by atoms with Gasteiger partial charge in [-0.3, -0.25) is 5.43 Å². The van der Waals surface area contributed by atoms with Gasteiger partial charge in [0.2, 0.25) is 0 Å². The topological polar surface area (TPSA) is 64.5 Å². The van der Waals surface area contributed by atoms with Crippen molar-refractivity contribution in [3.8, 4) is 0 Å². The number of carbonyl (C=O) groups is 1. The van der Waals surface area contributed by atoms with Gasteiger partial charge in [0.1, 0.15) is 0 Å².